The molecule has 0 aliphatic carbocycles. The van der Waals surface area contributed by atoms with Gasteiger partial charge in [0.05, 0.1) is 17.1 Å². The van der Waals surface area contributed by atoms with E-state index in [1.54, 1.807) is 0 Å². The Hall–Kier alpha value is -2.70. The molecule has 2 aromatic carbocycles. The van der Waals surface area contributed by atoms with Gasteiger partial charge >= 0.3 is 0 Å². The van der Waals surface area contributed by atoms with Crippen molar-refractivity contribution in [2.45, 2.75) is 13.1 Å². The number of rotatable bonds is 4. The summed E-state index contributed by atoms with van der Waals surface area (Å²) in [7, 11) is 0. The van der Waals surface area contributed by atoms with Gasteiger partial charge in [-0.2, -0.15) is 5.26 Å². The molecule has 0 radical (unpaired) electrons. The third kappa shape index (κ3) is 3.25. The van der Waals surface area contributed by atoms with Crippen LogP contribution in [0.4, 0.5) is 0 Å². The molecule has 0 saturated carbocycles. The number of nitrogens with one attached hydrogen (secondary N) is 1. The van der Waals surface area contributed by atoms with E-state index in [1.807, 2.05) is 42.6 Å². The van der Waals surface area contributed by atoms with Gasteiger partial charge in [-0.15, -0.1) is 0 Å². The summed E-state index contributed by atoms with van der Waals surface area (Å²) in [6, 6.07) is 20.1. The van der Waals surface area contributed by atoms with Crippen LogP contribution in [-0.4, -0.2) is 4.98 Å². The lowest BCUT2D eigenvalue weighted by Crippen LogP contribution is -2.12. The van der Waals surface area contributed by atoms with Crippen LogP contribution in [0.2, 0.25) is 0 Å². The minimum absolute atomic E-state index is 0.700. The van der Waals surface area contributed by atoms with Crippen LogP contribution in [-0.2, 0) is 13.1 Å². The van der Waals surface area contributed by atoms with Crippen molar-refractivity contribution in [2.24, 2.45) is 0 Å². The van der Waals surface area contributed by atoms with Crippen LogP contribution < -0.4 is 5.32 Å². The van der Waals surface area contributed by atoms with Gasteiger partial charge in [0.15, 0.2) is 0 Å². The Morgan fingerprint density at radius 3 is 2.67 bits per heavy atom. The van der Waals surface area contributed by atoms with E-state index in [2.05, 4.69) is 34.6 Å². The zero-order chi connectivity index (χ0) is 14.5. The zero-order valence-corrected chi connectivity index (χ0v) is 11.6. The van der Waals surface area contributed by atoms with Gasteiger partial charge in [0.2, 0.25) is 0 Å². The summed E-state index contributed by atoms with van der Waals surface area (Å²) in [5, 5.41) is 13.4. The molecule has 1 N–H and O–H groups in total. The van der Waals surface area contributed by atoms with Crippen LogP contribution >= 0.6 is 0 Å². The molecule has 3 rings (SSSR count). The van der Waals surface area contributed by atoms with Crippen molar-refractivity contribution in [1.29, 1.82) is 5.26 Å². The summed E-state index contributed by atoms with van der Waals surface area (Å²) >= 11 is 0. The molecular weight excluding hydrogens is 258 g/mol. The third-order valence-electron chi connectivity index (χ3n) is 3.38. The van der Waals surface area contributed by atoms with Crippen LogP contribution in [0.25, 0.3) is 10.9 Å². The van der Waals surface area contributed by atoms with E-state index in [1.165, 1.54) is 5.56 Å². The van der Waals surface area contributed by atoms with Gasteiger partial charge in [-0.25, -0.2) is 0 Å². The second kappa shape index (κ2) is 6.17. The predicted molar refractivity (Wildman–Crippen MR) is 83.4 cm³/mol. The Morgan fingerprint density at radius 1 is 0.952 bits per heavy atom. The molecule has 3 nitrogen and oxygen atoms in total. The molecule has 0 bridgehead atoms. The average Bonchev–Trinajstić information content (AvgIpc) is 2.55. The van der Waals surface area contributed by atoms with Crippen LogP contribution in [0.5, 0.6) is 0 Å². The van der Waals surface area contributed by atoms with Gasteiger partial charge in [0.1, 0.15) is 0 Å². The normalized spacial score (nSPS) is 10.4. The van der Waals surface area contributed by atoms with E-state index in [4.69, 9.17) is 5.26 Å². The second-order valence-electron chi connectivity index (χ2n) is 4.95. The van der Waals surface area contributed by atoms with Crippen molar-refractivity contribution in [3.05, 3.63) is 77.5 Å². The van der Waals surface area contributed by atoms with Crippen LogP contribution in [0.3, 0.4) is 0 Å². The standard InChI is InChI=1S/C18H15N3/c19-11-14-3-1-4-15(9-14)12-20-13-16-6-7-18-17(10-16)5-2-8-21-18/h1-10,20H,12-13H2. The molecule has 3 aromatic rings. The smallest absolute Gasteiger partial charge is 0.0991 e. The molecule has 0 unspecified atom stereocenters. The predicted octanol–water partition coefficient (Wildman–Crippen LogP) is 3.40. The van der Waals surface area contributed by atoms with Gasteiger partial charge in [-0.1, -0.05) is 24.3 Å². The number of benzene rings is 2. The minimum atomic E-state index is 0.700. The molecule has 3 heteroatoms. The SMILES string of the molecule is N#Cc1cccc(CNCc2ccc3ncccc3c2)c1. The lowest BCUT2D eigenvalue weighted by molar-refractivity contribution is 0.694. The van der Waals surface area contributed by atoms with E-state index < -0.39 is 0 Å². The maximum Gasteiger partial charge on any atom is 0.0991 e. The first-order valence-corrected chi connectivity index (χ1v) is 6.88. The summed E-state index contributed by atoms with van der Waals surface area (Å²) < 4.78 is 0. The van der Waals surface area contributed by atoms with E-state index in [9.17, 15) is 0 Å². The van der Waals surface area contributed by atoms with Crippen molar-refractivity contribution in [3.63, 3.8) is 0 Å². The maximum atomic E-state index is 8.89. The number of aromatic nitrogens is 1. The number of nitrogens with zero attached hydrogens (tertiary/aromatic N) is 2. The van der Waals surface area contributed by atoms with E-state index in [0.717, 1.165) is 29.6 Å². The van der Waals surface area contributed by atoms with E-state index in [0.29, 0.717) is 5.56 Å². The molecule has 0 aliphatic heterocycles. The molecular formula is C18H15N3. The van der Waals surface area contributed by atoms with Gasteiger partial charge in [-0.3, -0.25) is 4.98 Å². The summed E-state index contributed by atoms with van der Waals surface area (Å²) in [6.07, 6.45) is 1.81. The first-order chi connectivity index (χ1) is 10.3. The lowest BCUT2D eigenvalue weighted by Gasteiger charge is -2.06. The molecule has 0 amide bonds. The molecule has 102 valence electrons. The van der Waals surface area contributed by atoms with Gasteiger partial charge in [-0.05, 0) is 41.5 Å². The first-order valence-electron chi connectivity index (χ1n) is 6.88. The van der Waals surface area contributed by atoms with Crippen molar-refractivity contribution in [3.8, 4) is 6.07 Å². The number of hydrogen-bond donors (Lipinski definition) is 1. The fraction of sp³-hybridized carbons (Fsp3) is 0.111. The number of nitriles is 1. The molecule has 0 fully saturated rings. The summed E-state index contributed by atoms with van der Waals surface area (Å²) in [6.45, 7) is 1.54. The van der Waals surface area contributed by atoms with E-state index in [-0.39, 0.29) is 0 Å². The van der Waals surface area contributed by atoms with Crippen molar-refractivity contribution in [2.75, 3.05) is 0 Å². The molecule has 0 atom stereocenters. The largest absolute Gasteiger partial charge is 0.309 e. The fourth-order valence-electron chi connectivity index (χ4n) is 2.34. The Bertz CT molecular complexity index is 803. The molecule has 0 spiro atoms. The lowest BCUT2D eigenvalue weighted by atomic mass is 10.1. The number of hydrogen-bond acceptors (Lipinski definition) is 3. The van der Waals surface area contributed by atoms with Gasteiger partial charge < -0.3 is 5.32 Å². The van der Waals surface area contributed by atoms with Crippen molar-refractivity contribution in [1.82, 2.24) is 10.3 Å². The quantitative estimate of drug-likeness (QED) is 0.792. The second-order valence-corrected chi connectivity index (χ2v) is 4.95. The monoisotopic (exact) mass is 273 g/mol. The summed E-state index contributed by atoms with van der Waals surface area (Å²) in [5.41, 5.74) is 4.07. The Balaban J connectivity index is 1.65. The first kappa shape index (κ1) is 13.3. The highest BCUT2D eigenvalue weighted by molar-refractivity contribution is 5.78. The number of fused-ring (bicyclic) bond motifs is 1. The van der Waals surface area contributed by atoms with Crippen molar-refractivity contribution < 1.29 is 0 Å². The van der Waals surface area contributed by atoms with Crippen LogP contribution in [0.15, 0.2) is 60.8 Å². The van der Waals surface area contributed by atoms with Gasteiger partial charge in [0, 0.05) is 24.7 Å². The van der Waals surface area contributed by atoms with Crippen LogP contribution in [0, 0.1) is 11.3 Å². The average molecular weight is 273 g/mol. The number of pyridine rings is 1. The highest BCUT2D eigenvalue weighted by atomic mass is 14.8. The fourth-order valence-corrected chi connectivity index (χ4v) is 2.34. The minimum Gasteiger partial charge on any atom is -0.309 e. The molecule has 1 aromatic heterocycles. The molecule has 0 aliphatic rings. The maximum absolute atomic E-state index is 8.89. The highest BCUT2D eigenvalue weighted by Crippen LogP contribution is 2.13. The Kier molecular flexibility index (Phi) is 3.90. The van der Waals surface area contributed by atoms with Crippen molar-refractivity contribution >= 4 is 10.9 Å². The zero-order valence-electron chi connectivity index (χ0n) is 11.6. The topological polar surface area (TPSA) is 48.7 Å². The molecule has 1 heterocycles. The summed E-state index contributed by atoms with van der Waals surface area (Å²) in [4.78, 5) is 4.32. The summed E-state index contributed by atoms with van der Waals surface area (Å²) in [5.74, 6) is 0. The Labute approximate surface area is 123 Å². The van der Waals surface area contributed by atoms with Crippen LogP contribution in [0.1, 0.15) is 16.7 Å². The highest BCUT2D eigenvalue weighted by Gasteiger charge is 1.98. The van der Waals surface area contributed by atoms with E-state index >= 15 is 0 Å². The Morgan fingerprint density at radius 2 is 1.81 bits per heavy atom. The molecule has 21 heavy (non-hydrogen) atoms. The molecule has 0 saturated heterocycles. The third-order valence-corrected chi connectivity index (χ3v) is 3.38. The van der Waals surface area contributed by atoms with Gasteiger partial charge in [0.25, 0.3) is 0 Å².